The number of carbonyl (C=O) groups is 1. The van der Waals surface area contributed by atoms with Crippen molar-refractivity contribution in [1.82, 2.24) is 10.6 Å². The number of nitro groups is 1. The molecule has 0 fully saturated rings. The van der Waals surface area contributed by atoms with Crippen molar-refractivity contribution in [3.63, 3.8) is 0 Å². The molecule has 0 aliphatic heterocycles. The van der Waals surface area contributed by atoms with Crippen molar-refractivity contribution in [1.29, 1.82) is 0 Å². The van der Waals surface area contributed by atoms with E-state index in [1.54, 1.807) is 6.92 Å². The first-order valence-corrected chi connectivity index (χ1v) is 5.42. The van der Waals surface area contributed by atoms with E-state index in [0.29, 0.717) is 19.6 Å². The Morgan fingerprint density at radius 1 is 1.56 bits per heavy atom. The second kappa shape index (κ2) is 6.72. The van der Waals surface area contributed by atoms with Gasteiger partial charge in [-0.15, -0.1) is 0 Å². The SMILES string of the molecule is CC(O)CNCCNC(=O)c1ccc([N+](=O)[O-])o1. The predicted octanol–water partition coefficient (Wildman–Crippen LogP) is -0.112. The summed E-state index contributed by atoms with van der Waals surface area (Å²) in [4.78, 5) is 21.1. The van der Waals surface area contributed by atoms with Crippen molar-refractivity contribution < 1.29 is 19.2 Å². The quantitative estimate of drug-likeness (QED) is 0.356. The van der Waals surface area contributed by atoms with Gasteiger partial charge in [-0.25, -0.2) is 0 Å². The molecule has 0 saturated carbocycles. The lowest BCUT2D eigenvalue weighted by molar-refractivity contribution is -0.402. The van der Waals surface area contributed by atoms with Crippen molar-refractivity contribution in [2.75, 3.05) is 19.6 Å². The van der Waals surface area contributed by atoms with E-state index in [0.717, 1.165) is 6.07 Å². The molecule has 1 heterocycles. The minimum absolute atomic E-state index is 0.0998. The summed E-state index contributed by atoms with van der Waals surface area (Å²) in [5.74, 6) is -1.08. The topological polar surface area (TPSA) is 118 Å². The molecule has 8 heteroatoms. The van der Waals surface area contributed by atoms with E-state index in [9.17, 15) is 14.9 Å². The second-order valence-corrected chi connectivity index (χ2v) is 3.70. The van der Waals surface area contributed by atoms with E-state index >= 15 is 0 Å². The molecule has 0 saturated heterocycles. The molecule has 1 aromatic heterocycles. The molecule has 100 valence electrons. The highest BCUT2D eigenvalue weighted by Crippen LogP contribution is 2.15. The first-order valence-electron chi connectivity index (χ1n) is 5.42. The monoisotopic (exact) mass is 257 g/mol. The molecule has 1 rings (SSSR count). The molecule has 0 aromatic carbocycles. The summed E-state index contributed by atoms with van der Waals surface area (Å²) in [7, 11) is 0. The Hall–Kier alpha value is -1.93. The highest BCUT2D eigenvalue weighted by atomic mass is 16.6. The normalized spacial score (nSPS) is 12.1. The maximum atomic E-state index is 11.5. The Labute approximate surface area is 103 Å². The molecule has 0 aliphatic rings. The van der Waals surface area contributed by atoms with Crippen LogP contribution >= 0.6 is 0 Å². The van der Waals surface area contributed by atoms with Crippen LogP contribution in [0.4, 0.5) is 5.88 Å². The number of aliphatic hydroxyl groups excluding tert-OH is 1. The van der Waals surface area contributed by atoms with Gasteiger partial charge >= 0.3 is 5.88 Å². The van der Waals surface area contributed by atoms with Crippen molar-refractivity contribution in [2.24, 2.45) is 0 Å². The predicted molar refractivity (Wildman–Crippen MR) is 62.2 cm³/mol. The van der Waals surface area contributed by atoms with E-state index in [1.165, 1.54) is 6.07 Å². The molecule has 0 radical (unpaired) electrons. The highest BCUT2D eigenvalue weighted by Gasteiger charge is 2.16. The third-order valence-corrected chi connectivity index (χ3v) is 2.02. The van der Waals surface area contributed by atoms with Crippen LogP contribution in [0.5, 0.6) is 0 Å². The smallest absolute Gasteiger partial charge is 0.395 e. The summed E-state index contributed by atoms with van der Waals surface area (Å²) in [6.07, 6.45) is -0.451. The van der Waals surface area contributed by atoms with Crippen LogP contribution in [0.1, 0.15) is 17.5 Å². The molecule has 0 aliphatic carbocycles. The number of amides is 1. The summed E-state index contributed by atoms with van der Waals surface area (Å²) >= 11 is 0. The summed E-state index contributed by atoms with van der Waals surface area (Å²) in [6.45, 7) is 2.90. The molecule has 1 amide bonds. The fourth-order valence-electron chi connectivity index (χ4n) is 1.21. The number of nitrogens with zero attached hydrogens (tertiary/aromatic N) is 1. The van der Waals surface area contributed by atoms with Gasteiger partial charge in [-0.05, 0) is 13.0 Å². The zero-order chi connectivity index (χ0) is 13.5. The molecular formula is C10H15N3O5. The highest BCUT2D eigenvalue weighted by molar-refractivity contribution is 5.91. The molecule has 1 aromatic rings. The molecule has 0 bridgehead atoms. The molecule has 3 N–H and O–H groups in total. The summed E-state index contributed by atoms with van der Waals surface area (Å²) < 4.78 is 4.73. The largest absolute Gasteiger partial charge is 0.433 e. The standard InChI is InChI=1S/C10H15N3O5/c1-7(14)6-11-4-5-12-10(15)8-2-3-9(18-8)13(16)17/h2-3,7,11,14H,4-6H2,1H3,(H,12,15). The molecule has 0 spiro atoms. The van der Waals surface area contributed by atoms with Crippen molar-refractivity contribution >= 4 is 11.8 Å². The first-order chi connectivity index (χ1) is 8.50. The average Bonchev–Trinajstić information content (AvgIpc) is 2.77. The summed E-state index contributed by atoms with van der Waals surface area (Å²) in [5, 5.41) is 24.7. The summed E-state index contributed by atoms with van der Waals surface area (Å²) in [5.41, 5.74) is 0. The number of rotatable bonds is 7. The van der Waals surface area contributed by atoms with Gasteiger partial charge in [0.1, 0.15) is 4.92 Å². The van der Waals surface area contributed by atoms with Crippen LogP contribution in [0.25, 0.3) is 0 Å². The molecule has 18 heavy (non-hydrogen) atoms. The van der Waals surface area contributed by atoms with Gasteiger partial charge in [0.05, 0.1) is 12.2 Å². The van der Waals surface area contributed by atoms with Gasteiger partial charge in [0, 0.05) is 19.6 Å². The Bertz CT molecular complexity index is 415. The number of hydrogen-bond acceptors (Lipinski definition) is 6. The van der Waals surface area contributed by atoms with Gasteiger partial charge in [-0.3, -0.25) is 14.9 Å². The third kappa shape index (κ3) is 4.52. The summed E-state index contributed by atoms with van der Waals surface area (Å²) in [6, 6.07) is 2.37. The average molecular weight is 257 g/mol. The molecule has 1 unspecified atom stereocenters. The maximum Gasteiger partial charge on any atom is 0.433 e. The number of carbonyl (C=O) groups excluding carboxylic acids is 1. The number of aliphatic hydroxyl groups is 1. The Balaban J connectivity index is 2.30. The van der Waals surface area contributed by atoms with Crippen molar-refractivity contribution in [3.05, 3.63) is 28.0 Å². The van der Waals surface area contributed by atoms with E-state index < -0.39 is 22.8 Å². The number of nitrogens with one attached hydrogen (secondary N) is 2. The van der Waals surface area contributed by atoms with Crippen LogP contribution in [-0.2, 0) is 0 Å². The van der Waals surface area contributed by atoms with Gasteiger partial charge in [0.2, 0.25) is 0 Å². The van der Waals surface area contributed by atoms with E-state index in [1.807, 2.05) is 0 Å². The van der Waals surface area contributed by atoms with Gasteiger partial charge in [-0.1, -0.05) is 0 Å². The molecular weight excluding hydrogens is 242 g/mol. The van der Waals surface area contributed by atoms with Gasteiger partial charge in [0.25, 0.3) is 5.91 Å². The minimum Gasteiger partial charge on any atom is -0.395 e. The Morgan fingerprint density at radius 2 is 2.28 bits per heavy atom. The van der Waals surface area contributed by atoms with Gasteiger partial charge in [-0.2, -0.15) is 0 Å². The van der Waals surface area contributed by atoms with Crippen molar-refractivity contribution in [3.8, 4) is 0 Å². The van der Waals surface area contributed by atoms with Gasteiger partial charge in [0.15, 0.2) is 5.76 Å². The van der Waals surface area contributed by atoms with E-state index in [2.05, 4.69) is 10.6 Å². The zero-order valence-corrected chi connectivity index (χ0v) is 9.88. The van der Waals surface area contributed by atoms with Gasteiger partial charge < -0.3 is 20.2 Å². The Morgan fingerprint density at radius 3 is 2.83 bits per heavy atom. The number of hydrogen-bond donors (Lipinski definition) is 3. The van der Waals surface area contributed by atoms with E-state index in [-0.39, 0.29) is 5.76 Å². The lowest BCUT2D eigenvalue weighted by atomic mass is 10.4. The van der Waals surface area contributed by atoms with Crippen LogP contribution < -0.4 is 10.6 Å². The van der Waals surface area contributed by atoms with Crippen LogP contribution in [0.3, 0.4) is 0 Å². The maximum absolute atomic E-state index is 11.5. The molecule has 8 nitrogen and oxygen atoms in total. The molecule has 1 atom stereocenters. The van der Waals surface area contributed by atoms with Crippen LogP contribution in [0.15, 0.2) is 16.5 Å². The third-order valence-electron chi connectivity index (χ3n) is 2.02. The number of furan rings is 1. The van der Waals surface area contributed by atoms with Crippen LogP contribution in [0.2, 0.25) is 0 Å². The zero-order valence-electron chi connectivity index (χ0n) is 9.88. The van der Waals surface area contributed by atoms with Crippen LogP contribution in [-0.4, -0.2) is 41.7 Å². The lowest BCUT2D eigenvalue weighted by Crippen LogP contribution is -2.34. The fourth-order valence-corrected chi connectivity index (χ4v) is 1.21. The minimum atomic E-state index is -0.707. The van der Waals surface area contributed by atoms with Crippen LogP contribution in [0, 0.1) is 10.1 Å². The first kappa shape index (κ1) is 14.1. The Kier molecular flexibility index (Phi) is 5.28. The second-order valence-electron chi connectivity index (χ2n) is 3.70. The van der Waals surface area contributed by atoms with Crippen molar-refractivity contribution in [2.45, 2.75) is 13.0 Å². The van der Waals surface area contributed by atoms with E-state index in [4.69, 9.17) is 9.52 Å². The fraction of sp³-hybridized carbons (Fsp3) is 0.500. The lowest BCUT2D eigenvalue weighted by Gasteiger charge is -2.06.